The third kappa shape index (κ3) is 2.80. The number of likely N-dealkylation sites (tertiary alicyclic amines) is 1. The first kappa shape index (κ1) is 15.6. The van der Waals surface area contributed by atoms with E-state index in [1.54, 1.807) is 0 Å². The van der Waals surface area contributed by atoms with Gasteiger partial charge in [0.05, 0.1) is 0 Å². The Bertz CT molecular complexity index is 732. The first-order chi connectivity index (χ1) is 11.8. The van der Waals surface area contributed by atoms with E-state index in [-0.39, 0.29) is 0 Å². The second-order valence-corrected chi connectivity index (χ2v) is 7.24. The van der Waals surface area contributed by atoms with E-state index in [9.17, 15) is 4.79 Å². The highest BCUT2D eigenvalue weighted by Crippen LogP contribution is 2.32. The lowest BCUT2D eigenvalue weighted by molar-refractivity contribution is -0.131. The fourth-order valence-electron chi connectivity index (χ4n) is 4.39. The van der Waals surface area contributed by atoms with Crippen LogP contribution in [0.3, 0.4) is 0 Å². The smallest absolute Gasteiger partial charge is 0.222 e. The molecule has 1 aliphatic carbocycles. The molecule has 24 heavy (non-hydrogen) atoms. The van der Waals surface area contributed by atoms with E-state index in [0.717, 1.165) is 49.5 Å². The summed E-state index contributed by atoms with van der Waals surface area (Å²) in [5, 5.41) is 0. The largest absolute Gasteiger partial charge is 0.342 e. The minimum atomic E-state index is 0.340. The third-order valence-electron chi connectivity index (χ3n) is 5.69. The topological polar surface area (TPSA) is 51.0 Å². The summed E-state index contributed by atoms with van der Waals surface area (Å²) in [5.41, 5.74) is 1.93. The SMILES string of the molecule is CCn1c([C@H]2CCN(C(=O)CC3CCCC3)C2)nc2cccnc21. The summed E-state index contributed by atoms with van der Waals surface area (Å²) in [7, 11) is 0. The summed E-state index contributed by atoms with van der Waals surface area (Å²) in [6, 6.07) is 3.96. The summed E-state index contributed by atoms with van der Waals surface area (Å²) in [4.78, 5) is 24.0. The van der Waals surface area contributed by atoms with Gasteiger partial charge in [-0.1, -0.05) is 12.8 Å². The first-order valence-electron chi connectivity index (χ1n) is 9.35. The van der Waals surface area contributed by atoms with Crippen LogP contribution < -0.4 is 0 Å². The molecule has 2 aliphatic rings. The van der Waals surface area contributed by atoms with Crippen LogP contribution in [0.25, 0.3) is 11.2 Å². The highest BCUT2D eigenvalue weighted by Gasteiger charge is 2.32. The van der Waals surface area contributed by atoms with Gasteiger partial charge in [0.1, 0.15) is 11.3 Å². The van der Waals surface area contributed by atoms with Crippen LogP contribution >= 0.6 is 0 Å². The Morgan fingerprint density at radius 1 is 1.29 bits per heavy atom. The van der Waals surface area contributed by atoms with Gasteiger partial charge in [-0.05, 0) is 44.2 Å². The number of amides is 1. The Hall–Kier alpha value is -1.91. The van der Waals surface area contributed by atoms with Crippen molar-refractivity contribution < 1.29 is 4.79 Å². The number of nitrogens with zero attached hydrogens (tertiary/aromatic N) is 4. The van der Waals surface area contributed by atoms with E-state index < -0.39 is 0 Å². The van der Waals surface area contributed by atoms with E-state index in [0.29, 0.717) is 17.7 Å². The molecule has 1 amide bonds. The Kier molecular flexibility index (Phi) is 4.25. The minimum Gasteiger partial charge on any atom is -0.342 e. The van der Waals surface area contributed by atoms with Crippen LogP contribution in [0.5, 0.6) is 0 Å². The number of pyridine rings is 1. The first-order valence-corrected chi connectivity index (χ1v) is 9.35. The fraction of sp³-hybridized carbons (Fsp3) is 0.632. The van der Waals surface area contributed by atoms with Crippen molar-refractivity contribution in [3.63, 3.8) is 0 Å². The molecule has 3 heterocycles. The predicted molar refractivity (Wildman–Crippen MR) is 93.7 cm³/mol. The van der Waals surface area contributed by atoms with E-state index in [2.05, 4.69) is 21.4 Å². The maximum Gasteiger partial charge on any atom is 0.222 e. The number of fused-ring (bicyclic) bond motifs is 1. The molecule has 5 nitrogen and oxygen atoms in total. The number of carbonyl (C=O) groups is 1. The zero-order valence-electron chi connectivity index (χ0n) is 14.4. The van der Waals surface area contributed by atoms with Gasteiger partial charge in [-0.2, -0.15) is 0 Å². The maximum atomic E-state index is 12.6. The molecule has 0 bridgehead atoms. The van der Waals surface area contributed by atoms with Gasteiger partial charge in [0, 0.05) is 38.2 Å². The molecule has 0 unspecified atom stereocenters. The number of hydrogen-bond donors (Lipinski definition) is 0. The van der Waals surface area contributed by atoms with E-state index in [1.807, 2.05) is 18.3 Å². The summed E-state index contributed by atoms with van der Waals surface area (Å²) >= 11 is 0. The number of carbonyl (C=O) groups excluding carboxylic acids is 1. The van der Waals surface area contributed by atoms with Crippen LogP contribution in [0.1, 0.15) is 57.2 Å². The predicted octanol–water partition coefficient (Wildman–Crippen LogP) is 3.35. The number of aryl methyl sites for hydroxylation is 1. The molecule has 4 rings (SSSR count). The van der Waals surface area contributed by atoms with E-state index >= 15 is 0 Å². The lowest BCUT2D eigenvalue weighted by atomic mass is 10.0. The number of aromatic nitrogens is 3. The summed E-state index contributed by atoms with van der Waals surface area (Å²) in [5.74, 6) is 2.41. The minimum absolute atomic E-state index is 0.340. The molecule has 1 aliphatic heterocycles. The summed E-state index contributed by atoms with van der Waals surface area (Å²) in [6.45, 7) is 4.69. The highest BCUT2D eigenvalue weighted by atomic mass is 16.2. The van der Waals surface area contributed by atoms with E-state index in [1.165, 1.54) is 25.7 Å². The molecule has 2 aromatic rings. The fourth-order valence-corrected chi connectivity index (χ4v) is 4.39. The molecular formula is C19H26N4O. The molecule has 1 saturated heterocycles. The molecule has 0 aromatic carbocycles. The number of hydrogen-bond acceptors (Lipinski definition) is 3. The van der Waals surface area contributed by atoms with Gasteiger partial charge >= 0.3 is 0 Å². The molecule has 0 radical (unpaired) electrons. The van der Waals surface area contributed by atoms with Gasteiger partial charge in [-0.3, -0.25) is 4.79 Å². The Balaban J connectivity index is 1.49. The van der Waals surface area contributed by atoms with Gasteiger partial charge in [-0.15, -0.1) is 0 Å². The zero-order chi connectivity index (χ0) is 16.5. The molecule has 0 N–H and O–H groups in total. The van der Waals surface area contributed by atoms with Crippen LogP contribution in [-0.4, -0.2) is 38.4 Å². The third-order valence-corrected chi connectivity index (χ3v) is 5.69. The van der Waals surface area contributed by atoms with Crippen molar-refractivity contribution >= 4 is 17.1 Å². The second kappa shape index (κ2) is 6.54. The van der Waals surface area contributed by atoms with Crippen molar-refractivity contribution in [2.45, 2.75) is 57.9 Å². The van der Waals surface area contributed by atoms with Crippen molar-refractivity contribution in [1.82, 2.24) is 19.4 Å². The number of rotatable bonds is 4. The molecule has 1 saturated carbocycles. The van der Waals surface area contributed by atoms with Gasteiger partial charge in [0.2, 0.25) is 5.91 Å². The molecular weight excluding hydrogens is 300 g/mol. The Morgan fingerprint density at radius 2 is 2.12 bits per heavy atom. The molecule has 0 spiro atoms. The van der Waals surface area contributed by atoms with E-state index in [4.69, 9.17) is 4.98 Å². The highest BCUT2D eigenvalue weighted by molar-refractivity contribution is 5.77. The molecule has 5 heteroatoms. The molecule has 2 fully saturated rings. The van der Waals surface area contributed by atoms with Crippen molar-refractivity contribution in [2.75, 3.05) is 13.1 Å². The summed E-state index contributed by atoms with van der Waals surface area (Å²) in [6.07, 6.45) is 8.66. The normalized spacial score (nSPS) is 21.9. The average Bonchev–Trinajstić information content (AvgIpc) is 3.33. The van der Waals surface area contributed by atoms with Crippen LogP contribution in [0.2, 0.25) is 0 Å². The van der Waals surface area contributed by atoms with Crippen molar-refractivity contribution in [3.8, 4) is 0 Å². The number of imidazole rings is 1. The molecule has 128 valence electrons. The van der Waals surface area contributed by atoms with Crippen LogP contribution in [-0.2, 0) is 11.3 Å². The van der Waals surface area contributed by atoms with Crippen LogP contribution in [0, 0.1) is 5.92 Å². The molecule has 1 atom stereocenters. The van der Waals surface area contributed by atoms with Gasteiger partial charge in [0.15, 0.2) is 5.65 Å². The van der Waals surface area contributed by atoms with Crippen LogP contribution in [0.4, 0.5) is 0 Å². The van der Waals surface area contributed by atoms with Crippen molar-refractivity contribution in [3.05, 3.63) is 24.2 Å². The van der Waals surface area contributed by atoms with Crippen molar-refractivity contribution in [1.29, 1.82) is 0 Å². The average molecular weight is 326 g/mol. The lowest BCUT2D eigenvalue weighted by Gasteiger charge is -2.19. The van der Waals surface area contributed by atoms with Gasteiger partial charge in [-0.25, -0.2) is 9.97 Å². The summed E-state index contributed by atoms with van der Waals surface area (Å²) < 4.78 is 2.21. The van der Waals surface area contributed by atoms with Gasteiger partial charge in [0.25, 0.3) is 0 Å². The molecule has 2 aromatic heterocycles. The zero-order valence-corrected chi connectivity index (χ0v) is 14.4. The Labute approximate surface area is 143 Å². The Morgan fingerprint density at radius 3 is 2.92 bits per heavy atom. The van der Waals surface area contributed by atoms with Crippen LogP contribution in [0.15, 0.2) is 18.3 Å². The van der Waals surface area contributed by atoms with Gasteiger partial charge < -0.3 is 9.47 Å². The maximum absolute atomic E-state index is 12.6. The quantitative estimate of drug-likeness (QED) is 0.866. The standard InChI is InChI=1S/C19H26N4O/c1-2-23-18(21-16-8-5-10-20-19(16)23)15-9-11-22(13-15)17(24)12-14-6-3-4-7-14/h5,8,10,14-15H,2-4,6-7,9,11-13H2,1H3/t15-/m0/s1. The lowest BCUT2D eigenvalue weighted by Crippen LogP contribution is -2.30. The monoisotopic (exact) mass is 326 g/mol. The van der Waals surface area contributed by atoms with Crippen molar-refractivity contribution in [2.24, 2.45) is 5.92 Å². The second-order valence-electron chi connectivity index (χ2n) is 7.24.